The molecule has 1 fully saturated rings. The molecule has 0 radical (unpaired) electrons. The molecule has 1 aliphatic heterocycles. The summed E-state index contributed by atoms with van der Waals surface area (Å²) in [6, 6.07) is 0. The standard InChI is InChI=1S/C10H18O4/c1-7(2)10(3)13-6-8(14-10)4-5-9(11)12/h7-8H,4-6H2,1-3H3,(H,11,12). The van der Waals surface area contributed by atoms with E-state index >= 15 is 0 Å². The zero-order valence-corrected chi connectivity index (χ0v) is 8.95. The molecule has 4 heteroatoms. The summed E-state index contributed by atoms with van der Waals surface area (Å²) in [7, 11) is 0. The first-order valence-electron chi connectivity index (χ1n) is 4.97. The number of carbonyl (C=O) groups is 1. The van der Waals surface area contributed by atoms with Gasteiger partial charge in [-0.1, -0.05) is 13.8 Å². The van der Waals surface area contributed by atoms with Gasteiger partial charge in [0.25, 0.3) is 0 Å². The van der Waals surface area contributed by atoms with Crippen LogP contribution in [0.3, 0.4) is 0 Å². The Hall–Kier alpha value is -0.610. The van der Waals surface area contributed by atoms with Crippen molar-refractivity contribution < 1.29 is 19.4 Å². The van der Waals surface area contributed by atoms with Crippen LogP contribution >= 0.6 is 0 Å². The van der Waals surface area contributed by atoms with E-state index in [1.54, 1.807) is 0 Å². The first-order chi connectivity index (χ1) is 6.44. The number of carboxylic acids is 1. The fraction of sp³-hybridized carbons (Fsp3) is 0.900. The maximum Gasteiger partial charge on any atom is 0.303 e. The molecule has 0 aliphatic carbocycles. The predicted octanol–water partition coefficient (Wildman–Crippen LogP) is 1.64. The Labute approximate surface area is 84.2 Å². The average Bonchev–Trinajstić information content (AvgIpc) is 2.45. The molecule has 0 aromatic carbocycles. The Bertz CT molecular complexity index is 214. The molecular formula is C10H18O4. The van der Waals surface area contributed by atoms with Gasteiger partial charge in [0.2, 0.25) is 0 Å². The molecule has 0 bridgehead atoms. The van der Waals surface area contributed by atoms with Crippen molar-refractivity contribution in [2.75, 3.05) is 6.61 Å². The minimum Gasteiger partial charge on any atom is -0.481 e. The zero-order valence-electron chi connectivity index (χ0n) is 8.95. The molecule has 2 unspecified atom stereocenters. The number of hydrogen-bond acceptors (Lipinski definition) is 3. The van der Waals surface area contributed by atoms with Crippen LogP contribution in [0.15, 0.2) is 0 Å². The fourth-order valence-electron chi connectivity index (χ4n) is 1.39. The van der Waals surface area contributed by atoms with Gasteiger partial charge in [0.1, 0.15) is 0 Å². The van der Waals surface area contributed by atoms with E-state index in [1.165, 1.54) is 0 Å². The van der Waals surface area contributed by atoms with Gasteiger partial charge in [-0.25, -0.2) is 0 Å². The van der Waals surface area contributed by atoms with E-state index in [9.17, 15) is 4.79 Å². The van der Waals surface area contributed by atoms with E-state index in [4.69, 9.17) is 14.6 Å². The van der Waals surface area contributed by atoms with Crippen LogP contribution in [-0.2, 0) is 14.3 Å². The van der Waals surface area contributed by atoms with Crippen LogP contribution in [0, 0.1) is 5.92 Å². The highest BCUT2D eigenvalue weighted by atomic mass is 16.7. The molecule has 1 heterocycles. The normalized spacial score (nSPS) is 32.4. The highest BCUT2D eigenvalue weighted by Gasteiger charge is 2.39. The molecule has 2 atom stereocenters. The number of rotatable bonds is 4. The lowest BCUT2D eigenvalue weighted by atomic mass is 10.1. The first kappa shape index (κ1) is 11.5. The quantitative estimate of drug-likeness (QED) is 0.753. The minimum atomic E-state index is -0.785. The highest BCUT2D eigenvalue weighted by molar-refractivity contribution is 5.66. The van der Waals surface area contributed by atoms with Crippen LogP contribution in [0.4, 0.5) is 0 Å². The Kier molecular flexibility index (Phi) is 3.50. The summed E-state index contributed by atoms with van der Waals surface area (Å²) >= 11 is 0. The molecule has 4 nitrogen and oxygen atoms in total. The molecule has 0 aromatic rings. The average molecular weight is 202 g/mol. The molecule has 0 amide bonds. The van der Waals surface area contributed by atoms with Gasteiger partial charge in [0.15, 0.2) is 5.79 Å². The molecule has 1 N–H and O–H groups in total. The smallest absolute Gasteiger partial charge is 0.303 e. The predicted molar refractivity (Wildman–Crippen MR) is 50.9 cm³/mol. The van der Waals surface area contributed by atoms with Crippen LogP contribution in [0.2, 0.25) is 0 Å². The summed E-state index contributed by atoms with van der Waals surface area (Å²) in [4.78, 5) is 10.4. The second-order valence-electron chi connectivity index (χ2n) is 4.15. The van der Waals surface area contributed by atoms with Gasteiger partial charge in [-0.3, -0.25) is 4.79 Å². The topological polar surface area (TPSA) is 55.8 Å². The maximum atomic E-state index is 10.4. The monoisotopic (exact) mass is 202 g/mol. The van der Waals surface area contributed by atoms with Crippen LogP contribution in [0.1, 0.15) is 33.6 Å². The third-order valence-electron chi connectivity index (χ3n) is 2.69. The van der Waals surface area contributed by atoms with Crippen molar-refractivity contribution in [3.63, 3.8) is 0 Å². The second kappa shape index (κ2) is 4.28. The van der Waals surface area contributed by atoms with Crippen molar-refractivity contribution in [2.45, 2.75) is 45.5 Å². The number of aliphatic carboxylic acids is 1. The van der Waals surface area contributed by atoms with Gasteiger partial charge in [-0.15, -0.1) is 0 Å². The van der Waals surface area contributed by atoms with E-state index in [-0.39, 0.29) is 18.4 Å². The Morgan fingerprint density at radius 3 is 2.71 bits per heavy atom. The van der Waals surface area contributed by atoms with Crippen molar-refractivity contribution in [3.8, 4) is 0 Å². The van der Waals surface area contributed by atoms with Gasteiger partial charge in [0.05, 0.1) is 12.7 Å². The zero-order chi connectivity index (χ0) is 10.8. The summed E-state index contributed by atoms with van der Waals surface area (Å²) < 4.78 is 11.2. The van der Waals surface area contributed by atoms with Crippen molar-refractivity contribution >= 4 is 5.97 Å². The number of carboxylic acid groups (broad SMARTS) is 1. The van der Waals surface area contributed by atoms with Crippen LogP contribution in [0.25, 0.3) is 0 Å². The molecule has 14 heavy (non-hydrogen) atoms. The summed E-state index contributed by atoms with van der Waals surface area (Å²) in [5.74, 6) is -1.05. The second-order valence-corrected chi connectivity index (χ2v) is 4.15. The first-order valence-corrected chi connectivity index (χ1v) is 4.97. The van der Waals surface area contributed by atoms with Crippen LogP contribution in [-0.4, -0.2) is 29.6 Å². The molecule has 1 saturated heterocycles. The van der Waals surface area contributed by atoms with Crippen molar-refractivity contribution in [3.05, 3.63) is 0 Å². The Morgan fingerprint density at radius 2 is 2.29 bits per heavy atom. The molecule has 0 saturated carbocycles. The number of ether oxygens (including phenoxy) is 2. The third-order valence-corrected chi connectivity index (χ3v) is 2.69. The van der Waals surface area contributed by atoms with E-state index < -0.39 is 11.8 Å². The highest BCUT2D eigenvalue weighted by Crippen LogP contribution is 2.31. The molecule has 0 aromatic heterocycles. The fourth-order valence-corrected chi connectivity index (χ4v) is 1.39. The van der Waals surface area contributed by atoms with Crippen molar-refractivity contribution in [1.82, 2.24) is 0 Å². The third kappa shape index (κ3) is 2.69. The molecule has 82 valence electrons. The van der Waals surface area contributed by atoms with E-state index in [0.717, 1.165) is 0 Å². The summed E-state index contributed by atoms with van der Waals surface area (Å²) in [6.07, 6.45) is 0.596. The van der Waals surface area contributed by atoms with Gasteiger partial charge >= 0.3 is 5.97 Å². The summed E-state index contributed by atoms with van der Waals surface area (Å²) in [6.45, 7) is 6.46. The summed E-state index contributed by atoms with van der Waals surface area (Å²) in [5, 5.41) is 8.52. The van der Waals surface area contributed by atoms with Crippen LogP contribution in [0.5, 0.6) is 0 Å². The SMILES string of the molecule is CC(C)C1(C)OCC(CCC(=O)O)O1. The number of hydrogen-bond donors (Lipinski definition) is 1. The Balaban J connectivity index is 2.37. The van der Waals surface area contributed by atoms with Gasteiger partial charge in [-0.05, 0) is 13.3 Å². The lowest BCUT2D eigenvalue weighted by molar-refractivity contribution is -0.184. The Morgan fingerprint density at radius 1 is 1.64 bits per heavy atom. The van der Waals surface area contributed by atoms with E-state index in [1.807, 2.05) is 20.8 Å². The molecule has 1 rings (SSSR count). The van der Waals surface area contributed by atoms with Crippen molar-refractivity contribution in [1.29, 1.82) is 0 Å². The molecular weight excluding hydrogens is 184 g/mol. The largest absolute Gasteiger partial charge is 0.481 e. The molecule has 0 spiro atoms. The summed E-state index contributed by atoms with van der Waals surface area (Å²) in [5.41, 5.74) is 0. The van der Waals surface area contributed by atoms with Crippen LogP contribution < -0.4 is 0 Å². The van der Waals surface area contributed by atoms with Gasteiger partial charge in [-0.2, -0.15) is 0 Å². The van der Waals surface area contributed by atoms with Crippen molar-refractivity contribution in [2.24, 2.45) is 5.92 Å². The van der Waals surface area contributed by atoms with Gasteiger partial charge in [0, 0.05) is 12.3 Å². The van der Waals surface area contributed by atoms with E-state index in [2.05, 4.69) is 0 Å². The maximum absolute atomic E-state index is 10.4. The van der Waals surface area contributed by atoms with E-state index in [0.29, 0.717) is 13.0 Å². The lowest BCUT2D eigenvalue weighted by Crippen LogP contribution is -2.33. The minimum absolute atomic E-state index is 0.0708. The molecule has 1 aliphatic rings. The lowest BCUT2D eigenvalue weighted by Gasteiger charge is -2.27. The van der Waals surface area contributed by atoms with Gasteiger partial charge < -0.3 is 14.6 Å².